The molecule has 4 saturated heterocycles. The Hall–Kier alpha value is -5.53. The van der Waals surface area contributed by atoms with Crippen LogP contribution in [0.1, 0.15) is 68.1 Å². The molecule has 6 heterocycles. The van der Waals surface area contributed by atoms with Crippen LogP contribution in [0.25, 0.3) is 0 Å². The van der Waals surface area contributed by atoms with Crippen LogP contribution in [0, 0.1) is 0 Å². The van der Waals surface area contributed by atoms with E-state index in [-0.39, 0.29) is 36.1 Å². The molecule has 1 aromatic heterocycles. The van der Waals surface area contributed by atoms with Gasteiger partial charge < -0.3 is 60.0 Å². The Morgan fingerprint density at radius 3 is 2.00 bits per heavy atom. The number of amides is 3. The second kappa shape index (κ2) is 24.7. The number of halogens is 1. The minimum absolute atomic E-state index is 0. The molecule has 3 amide bonds. The third kappa shape index (κ3) is 14.7. The van der Waals surface area contributed by atoms with Crippen molar-refractivity contribution in [3.05, 3.63) is 95.3 Å². The molecule has 0 radical (unpaired) electrons. The van der Waals surface area contributed by atoms with E-state index in [2.05, 4.69) is 49.4 Å². The third-order valence-electron chi connectivity index (χ3n) is 12.6. The van der Waals surface area contributed by atoms with Gasteiger partial charge in [-0.15, -0.1) is 12.4 Å². The molecular formula is C49H71ClN12O6. The number of nitrogens with one attached hydrogen (secondary N) is 2. The molecule has 18 nitrogen and oxygen atoms in total. The molecule has 4 fully saturated rings. The van der Waals surface area contributed by atoms with Gasteiger partial charge in [0, 0.05) is 89.7 Å². The maximum Gasteiger partial charge on any atom is 0.410 e. The van der Waals surface area contributed by atoms with Crippen LogP contribution in [0.3, 0.4) is 0 Å². The molecular weight excluding hydrogens is 888 g/mol. The van der Waals surface area contributed by atoms with Gasteiger partial charge in [-0.3, -0.25) is 9.59 Å². The highest BCUT2D eigenvalue weighted by Crippen LogP contribution is 2.25. The van der Waals surface area contributed by atoms with Crippen LogP contribution in [0.4, 0.5) is 10.6 Å². The van der Waals surface area contributed by atoms with E-state index in [4.69, 9.17) is 24.9 Å². The molecule has 0 aliphatic carbocycles. The number of benzene rings is 2. The minimum atomic E-state index is -0.573. The average molecular weight is 960 g/mol. The molecule has 19 heteroatoms. The number of ether oxygens (including phenoxy) is 3. The Morgan fingerprint density at radius 2 is 1.41 bits per heavy atom. The lowest BCUT2D eigenvalue weighted by Crippen LogP contribution is -2.50. The topological polar surface area (TPSA) is 187 Å². The predicted octanol–water partition coefficient (Wildman–Crippen LogP) is 3.93. The molecule has 370 valence electrons. The molecule has 4 N–H and O–H groups in total. The number of rotatable bonds is 13. The van der Waals surface area contributed by atoms with Crippen LogP contribution in [-0.4, -0.2) is 175 Å². The van der Waals surface area contributed by atoms with Crippen LogP contribution >= 0.6 is 12.4 Å². The van der Waals surface area contributed by atoms with Gasteiger partial charge in [0.1, 0.15) is 35.3 Å². The van der Waals surface area contributed by atoms with E-state index in [9.17, 15) is 14.4 Å². The van der Waals surface area contributed by atoms with E-state index in [1.54, 1.807) is 11.0 Å². The first-order valence-electron chi connectivity index (χ1n) is 23.7. The van der Waals surface area contributed by atoms with Gasteiger partial charge >= 0.3 is 12.1 Å². The monoisotopic (exact) mass is 959 g/mol. The lowest BCUT2D eigenvalue weighted by molar-refractivity contribution is -0.120. The van der Waals surface area contributed by atoms with Gasteiger partial charge in [-0.05, 0) is 84.8 Å². The summed E-state index contributed by atoms with van der Waals surface area (Å²) in [5.74, 6) is 0.639. The Morgan fingerprint density at radius 1 is 0.794 bits per heavy atom. The molecule has 68 heavy (non-hydrogen) atoms. The zero-order chi connectivity index (χ0) is 47.3. The summed E-state index contributed by atoms with van der Waals surface area (Å²) in [5, 5.41) is 6.29. The van der Waals surface area contributed by atoms with E-state index in [1.807, 2.05) is 97.3 Å². The predicted molar refractivity (Wildman–Crippen MR) is 265 cm³/mol. The molecule has 0 saturated carbocycles. The summed E-state index contributed by atoms with van der Waals surface area (Å²) < 4.78 is 17.8. The van der Waals surface area contributed by atoms with Crippen LogP contribution in [0.15, 0.2) is 83.5 Å². The fourth-order valence-corrected chi connectivity index (χ4v) is 8.71. The Kier molecular flexibility index (Phi) is 18.8. The first kappa shape index (κ1) is 51.9. The number of likely N-dealkylation sites (tertiary alicyclic amines) is 2. The van der Waals surface area contributed by atoms with Gasteiger partial charge in [0.05, 0.1) is 6.61 Å². The number of nitrogens with two attached hydrogens (primary N) is 1. The molecule has 8 rings (SSSR count). The van der Waals surface area contributed by atoms with Crippen molar-refractivity contribution in [2.75, 3.05) is 97.7 Å². The molecule has 0 bridgehead atoms. The van der Waals surface area contributed by atoms with Crippen molar-refractivity contribution in [3.63, 3.8) is 0 Å². The van der Waals surface area contributed by atoms with E-state index in [0.717, 1.165) is 75.5 Å². The highest BCUT2D eigenvalue weighted by atomic mass is 35.5. The summed E-state index contributed by atoms with van der Waals surface area (Å²) in [6.07, 6.45) is 5.43. The van der Waals surface area contributed by atoms with E-state index in [1.165, 1.54) is 6.42 Å². The molecule has 0 spiro atoms. The van der Waals surface area contributed by atoms with Crippen molar-refractivity contribution in [2.45, 2.75) is 83.6 Å². The Labute approximate surface area is 407 Å². The third-order valence-corrected chi connectivity index (χ3v) is 12.6. The van der Waals surface area contributed by atoms with Crippen molar-refractivity contribution >= 4 is 42.0 Å². The fourth-order valence-electron chi connectivity index (χ4n) is 8.71. The van der Waals surface area contributed by atoms with Gasteiger partial charge in [0.15, 0.2) is 0 Å². The number of carbonyl (C=O) groups excluding carboxylic acids is 3. The summed E-state index contributed by atoms with van der Waals surface area (Å²) in [6.45, 7) is 15.3. The Balaban J connectivity index is 0.000000225. The normalized spacial score (nSPS) is 21.2. The number of nitrogens with zero attached hydrogens (tertiary/aromatic N) is 9. The quantitative estimate of drug-likeness (QED) is 0.224. The lowest BCUT2D eigenvalue weighted by atomic mass is 10.1. The zero-order valence-corrected chi connectivity index (χ0v) is 41.2. The number of piperazine rings is 2. The first-order chi connectivity index (χ1) is 32.3. The highest BCUT2D eigenvalue weighted by Gasteiger charge is 2.33. The highest BCUT2D eigenvalue weighted by molar-refractivity contribution is 6.03. The van der Waals surface area contributed by atoms with Gasteiger partial charge in [-0.2, -0.15) is 9.97 Å². The minimum Gasteiger partial charge on any atom is -0.462 e. The number of anilines is 1. The van der Waals surface area contributed by atoms with E-state index < -0.39 is 17.9 Å². The Bertz CT molecular complexity index is 2170. The van der Waals surface area contributed by atoms with Crippen molar-refractivity contribution in [3.8, 4) is 6.01 Å². The number of hydrogen-bond donors (Lipinski definition) is 3. The molecule has 3 aromatic rings. The number of carbonyl (C=O) groups is 3. The largest absolute Gasteiger partial charge is 0.462 e. The molecule has 3 atom stereocenters. The number of aromatic nitrogens is 2. The van der Waals surface area contributed by atoms with Gasteiger partial charge in [0.25, 0.3) is 11.8 Å². The van der Waals surface area contributed by atoms with Crippen molar-refractivity contribution < 1.29 is 28.6 Å². The number of likely N-dealkylation sites (N-methyl/N-ethyl adjacent to an activating group) is 2. The average Bonchev–Trinajstić information content (AvgIpc) is 3.95. The smallest absolute Gasteiger partial charge is 0.410 e. The maximum absolute atomic E-state index is 13.0. The lowest BCUT2D eigenvalue weighted by Gasteiger charge is -2.38. The van der Waals surface area contributed by atoms with E-state index >= 15 is 0 Å². The second-order valence-corrected chi connectivity index (χ2v) is 18.8. The van der Waals surface area contributed by atoms with Gasteiger partial charge in [-0.25, -0.2) is 9.79 Å². The second-order valence-electron chi connectivity index (χ2n) is 18.8. The summed E-state index contributed by atoms with van der Waals surface area (Å²) in [5.41, 5.74) is 8.06. The maximum atomic E-state index is 13.0. The summed E-state index contributed by atoms with van der Waals surface area (Å²) >= 11 is 0. The number of amidine groups is 1. The standard InChI is InChI=1S/C27H38N6O4.C22H32N6O2.ClH/c1-27(2,3)37-26(35)33-15-13-32(14-16-33)23-17-22(24(34)28-18-20-9-6-5-7-10-20)29-25(30-23)36-19-21-11-8-12-31(21)4;1-26-11-5-8-18(26)16-30-22-25-20(27-12-9-24-10-13-27)14-19(21(23)29)28(22)15-17-6-3-2-4-7-17;/h5-7,9-10,17,21H,8,11-16,18-19H2,1-4H3,(H,28,34);2-4,6-7,14,18,22,24H,5,8-13,15-16H2,1H3,(H2,23,29);1H/t21-;18-,22?;/m00./s1. The van der Waals surface area contributed by atoms with Crippen LogP contribution in [0.5, 0.6) is 6.01 Å². The number of hydrogen-bond acceptors (Lipinski definition) is 15. The number of aliphatic imine (C=N–C) groups is 1. The van der Waals surface area contributed by atoms with Crippen LogP contribution < -0.4 is 26.0 Å². The van der Waals surface area contributed by atoms with E-state index in [0.29, 0.717) is 76.1 Å². The van der Waals surface area contributed by atoms with Crippen LogP contribution in [0.2, 0.25) is 0 Å². The summed E-state index contributed by atoms with van der Waals surface area (Å²) in [4.78, 5) is 64.3. The molecule has 5 aliphatic heterocycles. The van der Waals surface area contributed by atoms with Crippen LogP contribution in [-0.2, 0) is 27.4 Å². The molecule has 2 aromatic carbocycles. The zero-order valence-electron chi connectivity index (χ0n) is 40.3. The van der Waals surface area contributed by atoms with Crippen molar-refractivity contribution in [2.24, 2.45) is 10.7 Å². The fraction of sp³-hybridized carbons (Fsp3) is 0.551. The van der Waals surface area contributed by atoms with Crippen molar-refractivity contribution in [1.82, 2.24) is 45.1 Å². The SMILES string of the molecule is CN1CCC[C@H]1COC1N=C(N2CCNCC2)C=C(C(N)=O)N1Cc1ccccc1.CN1CCC[C@H]1COc1nc(C(=O)NCc2ccccc2)cc(N2CCN(C(=O)OC(C)(C)C)CC2)n1.Cl. The van der Waals surface area contributed by atoms with Gasteiger partial charge in [-0.1, -0.05) is 60.7 Å². The summed E-state index contributed by atoms with van der Waals surface area (Å²) in [6, 6.07) is 22.3. The molecule has 1 unspecified atom stereocenters. The summed E-state index contributed by atoms with van der Waals surface area (Å²) in [7, 11) is 4.22. The van der Waals surface area contributed by atoms with Crippen molar-refractivity contribution in [1.29, 1.82) is 0 Å². The van der Waals surface area contributed by atoms with Gasteiger partial charge in [0.2, 0.25) is 6.35 Å². The first-order valence-corrected chi connectivity index (χ1v) is 23.7. The number of primary amides is 1. The molecule has 5 aliphatic rings.